The summed E-state index contributed by atoms with van der Waals surface area (Å²) in [5.74, 6) is 10.7. The molecule has 2 aromatic rings. The molecule has 0 N–H and O–H groups in total. The Labute approximate surface area is 220 Å². The average Bonchev–Trinajstić information content (AvgIpc) is 2.93. The van der Waals surface area contributed by atoms with Crippen LogP contribution in [0.4, 0.5) is 0 Å². The third-order valence-electron chi connectivity index (χ3n) is 8.55. The van der Waals surface area contributed by atoms with Crippen molar-refractivity contribution in [1.29, 1.82) is 0 Å². The molecule has 0 saturated heterocycles. The van der Waals surface area contributed by atoms with Gasteiger partial charge in [0, 0.05) is 5.56 Å². The smallest absolute Gasteiger partial charge is 0.119 e. The Morgan fingerprint density at radius 2 is 1.36 bits per heavy atom. The lowest BCUT2D eigenvalue weighted by Crippen LogP contribution is -2.13. The number of unbranched alkanes of at least 4 members (excludes halogenated alkanes) is 2. The van der Waals surface area contributed by atoms with Crippen molar-refractivity contribution in [2.24, 2.45) is 11.8 Å². The van der Waals surface area contributed by atoms with Crippen LogP contribution in [0.3, 0.4) is 0 Å². The van der Waals surface area contributed by atoms with Crippen molar-refractivity contribution in [2.75, 3.05) is 6.61 Å². The summed E-state index contributed by atoms with van der Waals surface area (Å²) in [6.45, 7) is 5.06. The zero-order valence-corrected chi connectivity index (χ0v) is 22.7. The van der Waals surface area contributed by atoms with E-state index in [1.807, 2.05) is 6.92 Å². The molecule has 36 heavy (non-hydrogen) atoms. The molecule has 2 aromatic carbocycles. The van der Waals surface area contributed by atoms with Crippen LogP contribution in [0.2, 0.25) is 0 Å². The molecule has 2 saturated carbocycles. The van der Waals surface area contributed by atoms with Gasteiger partial charge in [-0.05, 0) is 123 Å². The third kappa shape index (κ3) is 8.03. The largest absolute Gasteiger partial charge is 0.494 e. The van der Waals surface area contributed by atoms with Crippen LogP contribution >= 0.6 is 0 Å². The summed E-state index contributed by atoms with van der Waals surface area (Å²) >= 11 is 0. The van der Waals surface area contributed by atoms with E-state index in [9.17, 15) is 0 Å². The highest BCUT2D eigenvalue weighted by molar-refractivity contribution is 5.39. The minimum atomic E-state index is 0.665. The summed E-state index contributed by atoms with van der Waals surface area (Å²) in [6.07, 6.45) is 20.7. The fourth-order valence-electron chi connectivity index (χ4n) is 6.26. The van der Waals surface area contributed by atoms with Crippen molar-refractivity contribution >= 4 is 0 Å². The highest BCUT2D eigenvalue weighted by Gasteiger charge is 2.22. The van der Waals surface area contributed by atoms with Gasteiger partial charge >= 0.3 is 0 Å². The highest BCUT2D eigenvalue weighted by Crippen LogP contribution is 2.38. The standard InChI is InChI=1S/C35H46O/c1-3-5-6-9-28-12-18-31(19-13-28)32-20-14-29(15-21-32)10-7-8-11-30-16-22-33(23-17-30)34-24-26-35(27-25-34)36-4-2/h8,11,14-15,20-21,24-28,30-31,33H,3-6,9,12-13,16-19,22-23H2,1-2H3/t28-,30-,31-,33-. The monoisotopic (exact) mass is 482 g/mol. The van der Waals surface area contributed by atoms with Crippen LogP contribution < -0.4 is 4.74 Å². The number of allylic oxidation sites excluding steroid dienone is 2. The molecule has 0 amide bonds. The van der Waals surface area contributed by atoms with Gasteiger partial charge in [0.15, 0.2) is 0 Å². The van der Waals surface area contributed by atoms with Gasteiger partial charge in [0.05, 0.1) is 6.61 Å². The number of hydrogen-bond donors (Lipinski definition) is 0. The molecular formula is C35H46O. The summed E-state index contributed by atoms with van der Waals surface area (Å²) in [5.41, 5.74) is 4.12. The summed E-state index contributed by atoms with van der Waals surface area (Å²) in [7, 11) is 0. The molecule has 0 heterocycles. The lowest BCUT2D eigenvalue weighted by Gasteiger charge is -2.29. The molecule has 2 aliphatic carbocycles. The summed E-state index contributed by atoms with van der Waals surface area (Å²) < 4.78 is 5.58. The fourth-order valence-corrected chi connectivity index (χ4v) is 6.26. The van der Waals surface area contributed by atoms with Gasteiger partial charge in [-0.15, -0.1) is 0 Å². The van der Waals surface area contributed by atoms with Gasteiger partial charge in [0.1, 0.15) is 5.75 Å². The Balaban J connectivity index is 1.18. The Morgan fingerprint density at radius 3 is 1.97 bits per heavy atom. The fraction of sp³-hybridized carbons (Fsp3) is 0.543. The van der Waals surface area contributed by atoms with Gasteiger partial charge < -0.3 is 4.74 Å². The van der Waals surface area contributed by atoms with Crippen LogP contribution in [0.25, 0.3) is 0 Å². The Bertz CT molecular complexity index is 972. The first-order valence-corrected chi connectivity index (χ1v) is 14.8. The minimum Gasteiger partial charge on any atom is -0.494 e. The van der Waals surface area contributed by atoms with E-state index in [4.69, 9.17) is 4.74 Å². The molecule has 1 nitrogen and oxygen atoms in total. The maximum absolute atomic E-state index is 5.58. The first-order chi connectivity index (χ1) is 17.7. The Kier molecular flexibility index (Phi) is 10.6. The van der Waals surface area contributed by atoms with Gasteiger partial charge in [-0.3, -0.25) is 0 Å². The van der Waals surface area contributed by atoms with Crippen LogP contribution in [0.5, 0.6) is 5.75 Å². The molecule has 2 fully saturated rings. The molecule has 0 unspecified atom stereocenters. The van der Waals surface area contributed by atoms with Crippen LogP contribution in [0.15, 0.2) is 60.7 Å². The number of benzene rings is 2. The summed E-state index contributed by atoms with van der Waals surface area (Å²) in [5, 5.41) is 0. The second-order valence-electron chi connectivity index (χ2n) is 11.1. The topological polar surface area (TPSA) is 9.23 Å². The molecular weight excluding hydrogens is 436 g/mol. The zero-order chi connectivity index (χ0) is 25.0. The van der Waals surface area contributed by atoms with E-state index in [0.717, 1.165) is 29.8 Å². The molecule has 2 aliphatic rings. The highest BCUT2D eigenvalue weighted by atomic mass is 16.5. The summed E-state index contributed by atoms with van der Waals surface area (Å²) in [6, 6.07) is 17.9. The van der Waals surface area contributed by atoms with E-state index < -0.39 is 0 Å². The van der Waals surface area contributed by atoms with E-state index in [-0.39, 0.29) is 0 Å². The normalized spacial score (nSPS) is 24.3. The van der Waals surface area contributed by atoms with Crippen molar-refractivity contribution in [3.05, 3.63) is 77.4 Å². The van der Waals surface area contributed by atoms with Crippen molar-refractivity contribution in [3.8, 4) is 17.6 Å². The number of rotatable bonds is 9. The molecule has 4 rings (SSSR count). The lowest BCUT2D eigenvalue weighted by molar-refractivity contribution is 0.303. The molecule has 0 atom stereocenters. The van der Waals surface area contributed by atoms with Gasteiger partial charge in [-0.2, -0.15) is 0 Å². The number of ether oxygens (including phenoxy) is 1. The minimum absolute atomic E-state index is 0.665. The second kappa shape index (κ2) is 14.3. The van der Waals surface area contributed by atoms with Crippen molar-refractivity contribution in [2.45, 2.75) is 103 Å². The quantitative estimate of drug-likeness (QED) is 0.255. The Morgan fingerprint density at radius 1 is 0.750 bits per heavy atom. The van der Waals surface area contributed by atoms with Gasteiger partial charge in [-0.25, -0.2) is 0 Å². The average molecular weight is 483 g/mol. The molecule has 0 aromatic heterocycles. The molecule has 0 spiro atoms. The molecule has 1 heteroatoms. The predicted molar refractivity (Wildman–Crippen MR) is 154 cm³/mol. The molecule has 192 valence electrons. The van der Waals surface area contributed by atoms with Crippen molar-refractivity contribution in [1.82, 2.24) is 0 Å². The molecule has 0 aliphatic heterocycles. The second-order valence-corrected chi connectivity index (χ2v) is 11.1. The van der Waals surface area contributed by atoms with Crippen molar-refractivity contribution in [3.63, 3.8) is 0 Å². The molecule has 0 radical (unpaired) electrons. The van der Waals surface area contributed by atoms with Gasteiger partial charge in [0.25, 0.3) is 0 Å². The lowest BCUT2D eigenvalue weighted by atomic mass is 9.77. The van der Waals surface area contributed by atoms with E-state index in [1.165, 1.54) is 88.2 Å². The predicted octanol–water partition coefficient (Wildman–Crippen LogP) is 9.82. The van der Waals surface area contributed by atoms with Crippen LogP contribution in [-0.4, -0.2) is 6.61 Å². The van der Waals surface area contributed by atoms with E-state index >= 15 is 0 Å². The Hall–Kier alpha value is -2.46. The first kappa shape index (κ1) is 26.6. The maximum Gasteiger partial charge on any atom is 0.119 e. The first-order valence-electron chi connectivity index (χ1n) is 14.8. The number of hydrogen-bond acceptors (Lipinski definition) is 1. The van der Waals surface area contributed by atoms with E-state index in [0.29, 0.717) is 11.8 Å². The van der Waals surface area contributed by atoms with Crippen LogP contribution in [0.1, 0.15) is 119 Å². The van der Waals surface area contributed by atoms with Crippen molar-refractivity contribution < 1.29 is 4.74 Å². The maximum atomic E-state index is 5.58. The summed E-state index contributed by atoms with van der Waals surface area (Å²) in [4.78, 5) is 0. The van der Waals surface area contributed by atoms with E-state index in [1.54, 1.807) is 0 Å². The zero-order valence-electron chi connectivity index (χ0n) is 22.7. The third-order valence-corrected chi connectivity index (χ3v) is 8.55. The molecule has 0 bridgehead atoms. The van der Waals surface area contributed by atoms with Gasteiger partial charge in [-0.1, -0.05) is 74.8 Å². The SMILES string of the molecule is CCCCC[C@H]1CC[C@H](c2ccc(C#CC=C[C@H]3CC[C@H](c4ccc(OCC)cc4)CC3)cc2)CC1. The van der Waals surface area contributed by atoms with Crippen LogP contribution in [-0.2, 0) is 0 Å². The van der Waals surface area contributed by atoms with E-state index in [2.05, 4.69) is 79.4 Å². The van der Waals surface area contributed by atoms with Crippen LogP contribution in [0, 0.1) is 23.7 Å². The van der Waals surface area contributed by atoms with Gasteiger partial charge in [0.2, 0.25) is 0 Å².